The minimum absolute atomic E-state index is 0.590. The largest absolute Gasteiger partial charge is 0.382 e. The monoisotopic (exact) mass is 219 g/mol. The molecule has 2 heteroatoms. The molecule has 1 heterocycles. The molecule has 1 aromatic carbocycles. The molecular weight excluding hydrogens is 198 g/mol. The second-order valence-corrected chi connectivity index (χ2v) is 4.44. The summed E-state index contributed by atoms with van der Waals surface area (Å²) in [5, 5.41) is 3.59. The van der Waals surface area contributed by atoms with Crippen molar-refractivity contribution in [3.8, 4) is 0 Å². The Labute approximate surface area is 98.0 Å². The topological polar surface area (TPSA) is 21.3 Å². The molecule has 1 aliphatic heterocycles. The Hall–Kier alpha value is -1.02. The van der Waals surface area contributed by atoms with E-state index >= 15 is 0 Å². The van der Waals surface area contributed by atoms with Crippen molar-refractivity contribution < 1.29 is 4.74 Å². The van der Waals surface area contributed by atoms with Crippen molar-refractivity contribution in [2.24, 2.45) is 0 Å². The summed E-state index contributed by atoms with van der Waals surface area (Å²) in [4.78, 5) is 0. The van der Waals surface area contributed by atoms with E-state index in [4.69, 9.17) is 4.74 Å². The first-order valence-electron chi connectivity index (χ1n) is 6.32. The molecule has 0 saturated heterocycles. The van der Waals surface area contributed by atoms with Gasteiger partial charge in [0.2, 0.25) is 0 Å². The predicted octanol–water partition coefficient (Wildman–Crippen LogP) is 3.23. The molecule has 1 unspecified atom stereocenters. The van der Waals surface area contributed by atoms with Crippen LogP contribution in [0.2, 0.25) is 0 Å². The number of para-hydroxylation sites is 1. The summed E-state index contributed by atoms with van der Waals surface area (Å²) in [7, 11) is 0. The van der Waals surface area contributed by atoms with Crippen molar-refractivity contribution in [2.45, 2.75) is 38.6 Å². The lowest BCUT2D eigenvalue weighted by Crippen LogP contribution is -2.26. The average Bonchev–Trinajstić information content (AvgIpc) is 2.34. The molecule has 2 rings (SSSR count). The maximum Gasteiger partial charge on any atom is 0.0485 e. The van der Waals surface area contributed by atoms with E-state index in [0.29, 0.717) is 6.04 Å². The highest BCUT2D eigenvalue weighted by Gasteiger charge is 2.16. The zero-order valence-electron chi connectivity index (χ0n) is 10.0. The van der Waals surface area contributed by atoms with Crippen LogP contribution in [0.25, 0.3) is 0 Å². The highest BCUT2D eigenvalue weighted by molar-refractivity contribution is 5.53. The van der Waals surface area contributed by atoms with E-state index < -0.39 is 0 Å². The molecule has 2 nitrogen and oxygen atoms in total. The van der Waals surface area contributed by atoms with Crippen LogP contribution in [0, 0.1) is 0 Å². The van der Waals surface area contributed by atoms with Crippen molar-refractivity contribution in [1.82, 2.24) is 0 Å². The summed E-state index contributed by atoms with van der Waals surface area (Å²) in [6, 6.07) is 9.19. The Bertz CT molecular complexity index is 324. The summed E-state index contributed by atoms with van der Waals surface area (Å²) >= 11 is 0. The van der Waals surface area contributed by atoms with Crippen LogP contribution in [-0.4, -0.2) is 19.3 Å². The number of rotatable bonds is 5. The van der Waals surface area contributed by atoms with E-state index in [2.05, 4.69) is 36.5 Å². The third-order valence-electron chi connectivity index (χ3n) is 3.10. The van der Waals surface area contributed by atoms with Crippen LogP contribution >= 0.6 is 0 Å². The SMILES string of the molecule is CCCOCCC1CCc2ccccc2N1. The van der Waals surface area contributed by atoms with E-state index in [1.54, 1.807) is 0 Å². The van der Waals surface area contributed by atoms with Crippen LogP contribution < -0.4 is 5.32 Å². The van der Waals surface area contributed by atoms with E-state index in [9.17, 15) is 0 Å². The quantitative estimate of drug-likeness (QED) is 0.768. The molecule has 16 heavy (non-hydrogen) atoms. The molecule has 0 aromatic heterocycles. The number of ether oxygens (including phenoxy) is 1. The van der Waals surface area contributed by atoms with E-state index in [-0.39, 0.29) is 0 Å². The zero-order valence-corrected chi connectivity index (χ0v) is 10.0. The van der Waals surface area contributed by atoms with E-state index in [1.807, 2.05) is 0 Å². The fraction of sp³-hybridized carbons (Fsp3) is 0.571. The van der Waals surface area contributed by atoms with E-state index in [0.717, 1.165) is 26.1 Å². The molecule has 0 aliphatic carbocycles. The number of benzene rings is 1. The number of anilines is 1. The first-order chi connectivity index (χ1) is 7.90. The van der Waals surface area contributed by atoms with Gasteiger partial charge in [-0.2, -0.15) is 0 Å². The first-order valence-corrected chi connectivity index (χ1v) is 6.32. The molecular formula is C14H21NO. The third kappa shape index (κ3) is 2.99. The standard InChI is InChI=1S/C14H21NO/c1-2-10-16-11-9-13-8-7-12-5-3-4-6-14(12)15-13/h3-6,13,15H,2,7-11H2,1H3. The van der Waals surface area contributed by atoms with Gasteiger partial charge in [-0.3, -0.25) is 0 Å². The van der Waals surface area contributed by atoms with Crippen molar-refractivity contribution in [3.63, 3.8) is 0 Å². The number of nitrogens with one attached hydrogen (secondary N) is 1. The lowest BCUT2D eigenvalue weighted by atomic mass is 9.96. The number of hydrogen-bond donors (Lipinski definition) is 1. The smallest absolute Gasteiger partial charge is 0.0485 e. The molecule has 0 fully saturated rings. The lowest BCUT2D eigenvalue weighted by molar-refractivity contribution is 0.128. The van der Waals surface area contributed by atoms with Gasteiger partial charge in [0.1, 0.15) is 0 Å². The summed E-state index contributed by atoms with van der Waals surface area (Å²) in [6.07, 6.45) is 4.66. The summed E-state index contributed by atoms with van der Waals surface area (Å²) < 4.78 is 5.53. The maximum atomic E-state index is 5.53. The van der Waals surface area contributed by atoms with Crippen molar-refractivity contribution in [3.05, 3.63) is 29.8 Å². The second-order valence-electron chi connectivity index (χ2n) is 4.44. The van der Waals surface area contributed by atoms with Gasteiger partial charge in [-0.05, 0) is 37.3 Å². The fourth-order valence-corrected chi connectivity index (χ4v) is 2.19. The molecule has 88 valence electrons. The summed E-state index contributed by atoms with van der Waals surface area (Å²) in [5.74, 6) is 0. The molecule has 0 bridgehead atoms. The molecule has 1 atom stereocenters. The van der Waals surface area contributed by atoms with Gasteiger partial charge in [0.25, 0.3) is 0 Å². The lowest BCUT2D eigenvalue weighted by Gasteiger charge is -2.26. The highest BCUT2D eigenvalue weighted by Crippen LogP contribution is 2.25. The van der Waals surface area contributed by atoms with Gasteiger partial charge in [0, 0.05) is 24.9 Å². The Kier molecular flexibility index (Phi) is 4.23. The number of fused-ring (bicyclic) bond motifs is 1. The summed E-state index contributed by atoms with van der Waals surface area (Å²) in [6.45, 7) is 3.92. The van der Waals surface area contributed by atoms with Gasteiger partial charge in [-0.15, -0.1) is 0 Å². The molecule has 0 spiro atoms. The Morgan fingerprint density at radius 2 is 2.19 bits per heavy atom. The van der Waals surface area contributed by atoms with Crippen LogP contribution in [0.4, 0.5) is 5.69 Å². The summed E-state index contributed by atoms with van der Waals surface area (Å²) in [5.41, 5.74) is 2.77. The van der Waals surface area contributed by atoms with Gasteiger partial charge in [0.15, 0.2) is 0 Å². The van der Waals surface area contributed by atoms with Gasteiger partial charge < -0.3 is 10.1 Å². The first kappa shape index (κ1) is 11.5. The molecule has 1 aliphatic rings. The number of hydrogen-bond acceptors (Lipinski definition) is 2. The van der Waals surface area contributed by atoms with Gasteiger partial charge in [0.05, 0.1) is 0 Å². The second kappa shape index (κ2) is 5.90. The van der Waals surface area contributed by atoms with Crippen LogP contribution in [0.5, 0.6) is 0 Å². The molecule has 0 amide bonds. The average molecular weight is 219 g/mol. The highest BCUT2D eigenvalue weighted by atomic mass is 16.5. The van der Waals surface area contributed by atoms with E-state index in [1.165, 1.54) is 24.1 Å². The van der Waals surface area contributed by atoms with Crippen molar-refractivity contribution >= 4 is 5.69 Å². The van der Waals surface area contributed by atoms with Gasteiger partial charge >= 0.3 is 0 Å². The van der Waals surface area contributed by atoms with Crippen LogP contribution in [-0.2, 0) is 11.2 Å². The maximum absolute atomic E-state index is 5.53. The molecule has 0 saturated carbocycles. The molecule has 1 aromatic rings. The molecule has 1 N–H and O–H groups in total. The normalized spacial score (nSPS) is 18.9. The van der Waals surface area contributed by atoms with Gasteiger partial charge in [-0.25, -0.2) is 0 Å². The third-order valence-corrected chi connectivity index (χ3v) is 3.10. The minimum atomic E-state index is 0.590. The molecule has 0 radical (unpaired) electrons. The fourth-order valence-electron chi connectivity index (χ4n) is 2.19. The van der Waals surface area contributed by atoms with Crippen LogP contribution in [0.1, 0.15) is 31.7 Å². The van der Waals surface area contributed by atoms with Crippen LogP contribution in [0.15, 0.2) is 24.3 Å². The Morgan fingerprint density at radius 3 is 3.06 bits per heavy atom. The zero-order chi connectivity index (χ0) is 11.2. The minimum Gasteiger partial charge on any atom is -0.382 e. The van der Waals surface area contributed by atoms with Crippen molar-refractivity contribution in [2.75, 3.05) is 18.5 Å². The number of aryl methyl sites for hydroxylation is 1. The van der Waals surface area contributed by atoms with Gasteiger partial charge in [-0.1, -0.05) is 25.1 Å². The van der Waals surface area contributed by atoms with Crippen LogP contribution in [0.3, 0.4) is 0 Å². The van der Waals surface area contributed by atoms with Crippen molar-refractivity contribution in [1.29, 1.82) is 0 Å². The predicted molar refractivity (Wildman–Crippen MR) is 67.9 cm³/mol. The Morgan fingerprint density at radius 1 is 1.31 bits per heavy atom. The Balaban J connectivity index is 1.79.